The van der Waals surface area contributed by atoms with Crippen LogP contribution in [0.25, 0.3) is 0 Å². The molecule has 1 aromatic carbocycles. The number of piperidine rings is 1. The first kappa shape index (κ1) is 18.6. The fourth-order valence-corrected chi connectivity index (χ4v) is 4.24. The quantitative estimate of drug-likeness (QED) is 0.852. The number of carbonyl (C=O) groups is 3. The maximum atomic E-state index is 14.1. The molecule has 2 saturated heterocycles. The molecule has 3 rings (SSSR count). The lowest BCUT2D eigenvalue weighted by molar-refractivity contribution is -0.141. The number of carboxylic acids is 1. The van der Waals surface area contributed by atoms with Crippen molar-refractivity contribution in [2.24, 2.45) is 5.41 Å². The number of nitrogens with zero attached hydrogens (tertiary/aromatic N) is 2. The molecule has 0 radical (unpaired) electrons. The van der Waals surface area contributed by atoms with Gasteiger partial charge in [-0.1, -0.05) is 17.7 Å². The van der Waals surface area contributed by atoms with Gasteiger partial charge >= 0.3 is 5.97 Å². The molecule has 2 heterocycles. The van der Waals surface area contributed by atoms with Gasteiger partial charge in [-0.05, 0) is 36.8 Å². The Morgan fingerprint density at radius 2 is 1.92 bits per heavy atom. The summed E-state index contributed by atoms with van der Waals surface area (Å²) in [6.45, 7) is 2.79. The zero-order chi connectivity index (χ0) is 19.1. The summed E-state index contributed by atoms with van der Waals surface area (Å²) < 4.78 is 14.1. The lowest BCUT2D eigenvalue weighted by Crippen LogP contribution is -2.44. The normalized spacial score (nSPS) is 21.9. The Morgan fingerprint density at radius 1 is 1.27 bits per heavy atom. The summed E-state index contributed by atoms with van der Waals surface area (Å²) in [6, 6.07) is 2.91. The minimum absolute atomic E-state index is 0.0151. The fourth-order valence-electron chi connectivity index (χ4n) is 3.99. The summed E-state index contributed by atoms with van der Waals surface area (Å²) in [5.41, 5.74) is -0.666. The Morgan fingerprint density at radius 3 is 2.46 bits per heavy atom. The topological polar surface area (TPSA) is 77.9 Å². The number of aliphatic carboxylic acids is 1. The molecule has 8 heteroatoms. The van der Waals surface area contributed by atoms with Gasteiger partial charge in [-0.25, -0.2) is 9.18 Å². The number of carbonyl (C=O) groups excluding carboxylic acids is 2. The van der Waals surface area contributed by atoms with Crippen LogP contribution in [0.15, 0.2) is 18.2 Å². The van der Waals surface area contributed by atoms with Gasteiger partial charge in [0.1, 0.15) is 11.9 Å². The lowest BCUT2D eigenvalue weighted by atomic mass is 9.76. The van der Waals surface area contributed by atoms with Crippen molar-refractivity contribution in [1.29, 1.82) is 0 Å². The minimum Gasteiger partial charge on any atom is -0.480 e. The van der Waals surface area contributed by atoms with Crippen molar-refractivity contribution in [3.05, 3.63) is 34.6 Å². The first-order chi connectivity index (χ1) is 12.2. The first-order valence-corrected chi connectivity index (χ1v) is 8.85. The number of carboxylic acid groups (broad SMARTS) is 1. The standard InChI is InChI=1S/C18H20ClFN2O4/c1-11(23)21-7-5-18(6-8-21)9-14(17(25)26)22(10-18)16(24)15-12(19)3-2-4-13(15)20/h2-4,14H,5-10H2,1H3,(H,25,26). The predicted molar refractivity (Wildman–Crippen MR) is 92.4 cm³/mol. The maximum Gasteiger partial charge on any atom is 0.326 e. The molecule has 1 aromatic rings. The van der Waals surface area contributed by atoms with Crippen molar-refractivity contribution in [3.8, 4) is 0 Å². The van der Waals surface area contributed by atoms with Gasteiger partial charge in [0.05, 0.1) is 10.6 Å². The van der Waals surface area contributed by atoms with E-state index < -0.39 is 23.7 Å². The van der Waals surface area contributed by atoms with Crippen LogP contribution in [0.4, 0.5) is 4.39 Å². The highest BCUT2D eigenvalue weighted by Crippen LogP contribution is 2.44. The molecule has 0 aromatic heterocycles. The van der Waals surface area contributed by atoms with Crippen LogP contribution in [0.3, 0.4) is 0 Å². The molecule has 2 aliphatic rings. The summed E-state index contributed by atoms with van der Waals surface area (Å²) in [6.07, 6.45) is 1.53. The van der Waals surface area contributed by atoms with Crippen LogP contribution >= 0.6 is 11.6 Å². The summed E-state index contributed by atoms with van der Waals surface area (Å²) in [5.74, 6) is -2.60. The van der Waals surface area contributed by atoms with E-state index in [0.29, 0.717) is 32.4 Å². The summed E-state index contributed by atoms with van der Waals surface area (Å²) >= 11 is 5.98. The van der Waals surface area contributed by atoms with Crippen LogP contribution in [0.5, 0.6) is 0 Å². The van der Waals surface area contributed by atoms with Crippen LogP contribution in [0, 0.1) is 11.2 Å². The molecule has 1 unspecified atom stereocenters. The van der Waals surface area contributed by atoms with Crippen LogP contribution in [-0.4, -0.2) is 58.4 Å². The molecule has 6 nitrogen and oxygen atoms in total. The molecule has 1 spiro atoms. The van der Waals surface area contributed by atoms with Gasteiger partial charge in [0, 0.05) is 26.6 Å². The summed E-state index contributed by atoms with van der Waals surface area (Å²) in [4.78, 5) is 39.1. The Hall–Kier alpha value is -2.15. The number of rotatable bonds is 2. The van der Waals surface area contributed by atoms with Crippen molar-refractivity contribution < 1.29 is 23.9 Å². The summed E-state index contributed by atoms with van der Waals surface area (Å²) in [7, 11) is 0. The van der Waals surface area contributed by atoms with E-state index in [1.807, 2.05) is 0 Å². The molecule has 0 bridgehead atoms. The minimum atomic E-state index is -1.11. The van der Waals surface area contributed by atoms with Crippen molar-refractivity contribution in [2.75, 3.05) is 19.6 Å². The van der Waals surface area contributed by atoms with E-state index in [1.54, 1.807) is 4.90 Å². The van der Waals surface area contributed by atoms with Crippen LogP contribution in [-0.2, 0) is 9.59 Å². The highest BCUT2D eigenvalue weighted by Gasteiger charge is 2.50. The van der Waals surface area contributed by atoms with Crippen LogP contribution in [0.2, 0.25) is 5.02 Å². The van der Waals surface area contributed by atoms with Gasteiger partial charge in [0.25, 0.3) is 5.91 Å². The Balaban J connectivity index is 1.86. The molecule has 1 N–H and O–H groups in total. The van der Waals surface area contributed by atoms with E-state index in [2.05, 4.69) is 0 Å². The van der Waals surface area contributed by atoms with Crippen molar-refractivity contribution in [2.45, 2.75) is 32.2 Å². The Labute approximate surface area is 155 Å². The summed E-state index contributed by atoms with van der Waals surface area (Å²) in [5, 5.41) is 9.55. The lowest BCUT2D eigenvalue weighted by Gasteiger charge is -2.38. The molecule has 140 valence electrons. The number of amides is 2. The highest BCUT2D eigenvalue weighted by atomic mass is 35.5. The van der Waals surface area contributed by atoms with E-state index in [4.69, 9.17) is 11.6 Å². The largest absolute Gasteiger partial charge is 0.480 e. The van der Waals surface area contributed by atoms with Gasteiger partial charge in [-0.2, -0.15) is 0 Å². The number of hydrogen-bond acceptors (Lipinski definition) is 3. The molecular weight excluding hydrogens is 363 g/mol. The average Bonchev–Trinajstić information content (AvgIpc) is 2.94. The Bertz CT molecular complexity index is 741. The number of likely N-dealkylation sites (tertiary alicyclic amines) is 2. The monoisotopic (exact) mass is 382 g/mol. The van der Waals surface area contributed by atoms with Crippen LogP contribution < -0.4 is 0 Å². The van der Waals surface area contributed by atoms with E-state index in [9.17, 15) is 23.9 Å². The molecule has 0 aliphatic carbocycles. The predicted octanol–water partition coefficient (Wildman–Crippen LogP) is 2.41. The van der Waals surface area contributed by atoms with Gasteiger partial charge < -0.3 is 14.9 Å². The van der Waals surface area contributed by atoms with E-state index in [1.165, 1.54) is 24.0 Å². The molecule has 2 amide bonds. The SMILES string of the molecule is CC(=O)N1CCC2(CC1)CC(C(=O)O)N(C(=O)c1c(F)cccc1Cl)C2. The zero-order valence-corrected chi connectivity index (χ0v) is 15.1. The van der Waals surface area contributed by atoms with Gasteiger partial charge in [0.15, 0.2) is 0 Å². The third kappa shape index (κ3) is 3.28. The van der Waals surface area contributed by atoms with E-state index in [0.717, 1.165) is 6.07 Å². The van der Waals surface area contributed by atoms with E-state index >= 15 is 0 Å². The molecule has 2 aliphatic heterocycles. The highest BCUT2D eigenvalue weighted by molar-refractivity contribution is 6.33. The molecule has 1 atom stereocenters. The Kier molecular flexibility index (Phi) is 4.92. The average molecular weight is 383 g/mol. The number of hydrogen-bond donors (Lipinski definition) is 1. The van der Waals surface area contributed by atoms with Crippen LogP contribution in [0.1, 0.15) is 36.5 Å². The van der Waals surface area contributed by atoms with Crippen molar-refractivity contribution >= 4 is 29.4 Å². The maximum absolute atomic E-state index is 14.1. The van der Waals surface area contributed by atoms with E-state index in [-0.39, 0.29) is 28.5 Å². The second-order valence-electron chi connectivity index (χ2n) is 7.09. The molecule has 0 saturated carbocycles. The second-order valence-corrected chi connectivity index (χ2v) is 7.50. The third-order valence-electron chi connectivity index (χ3n) is 5.50. The second kappa shape index (κ2) is 6.87. The zero-order valence-electron chi connectivity index (χ0n) is 14.4. The fraction of sp³-hybridized carbons (Fsp3) is 0.500. The molecule has 26 heavy (non-hydrogen) atoms. The number of benzene rings is 1. The molecular formula is C18H20ClFN2O4. The third-order valence-corrected chi connectivity index (χ3v) is 5.82. The van der Waals surface area contributed by atoms with Gasteiger partial charge in [-0.3, -0.25) is 9.59 Å². The van der Waals surface area contributed by atoms with Crippen molar-refractivity contribution in [3.63, 3.8) is 0 Å². The molecule has 2 fully saturated rings. The first-order valence-electron chi connectivity index (χ1n) is 8.47. The smallest absolute Gasteiger partial charge is 0.326 e. The van der Waals surface area contributed by atoms with Crippen molar-refractivity contribution in [1.82, 2.24) is 9.80 Å². The van der Waals surface area contributed by atoms with Gasteiger partial charge in [0.2, 0.25) is 5.91 Å². The van der Waals surface area contributed by atoms with Gasteiger partial charge in [-0.15, -0.1) is 0 Å². The number of halogens is 2.